The molecule has 0 saturated carbocycles. The van der Waals surface area contributed by atoms with Gasteiger partial charge in [0.1, 0.15) is 0 Å². The van der Waals surface area contributed by atoms with Gasteiger partial charge in [-0.3, -0.25) is 10.1 Å². The maximum Gasteiger partial charge on any atom is 0.273 e. The lowest BCUT2D eigenvalue weighted by molar-refractivity contribution is -0.385. The molecule has 1 rings (SSSR count). The molecule has 0 atom stereocenters. The van der Waals surface area contributed by atoms with Crippen LogP contribution in [0.4, 0.5) is 5.69 Å². The predicted octanol–water partition coefficient (Wildman–Crippen LogP) is 2.87. The molecule has 12 heavy (non-hydrogen) atoms. The van der Waals surface area contributed by atoms with Crippen LogP contribution in [0, 0.1) is 24.0 Å². The van der Waals surface area contributed by atoms with Crippen LogP contribution in [0.3, 0.4) is 0 Å². The van der Waals surface area contributed by atoms with Crippen LogP contribution in [-0.2, 0) is 0 Å². The van der Waals surface area contributed by atoms with Gasteiger partial charge in [0.2, 0.25) is 0 Å². The number of aryl methyl sites for hydroxylation is 1. The highest BCUT2D eigenvalue weighted by molar-refractivity contribution is 6.32. The van der Waals surface area contributed by atoms with Crippen molar-refractivity contribution in [3.8, 4) is 0 Å². The smallest absolute Gasteiger partial charge is 0.258 e. The third-order valence-electron chi connectivity index (χ3n) is 1.75. The number of hydrogen-bond donors (Lipinski definition) is 0. The lowest BCUT2D eigenvalue weighted by atomic mass is 10.1. The molecule has 0 radical (unpaired) electrons. The van der Waals surface area contributed by atoms with Crippen LogP contribution >= 0.6 is 11.6 Å². The molecule has 0 amide bonds. The van der Waals surface area contributed by atoms with Crippen molar-refractivity contribution in [2.24, 2.45) is 0 Å². The fourth-order valence-corrected chi connectivity index (χ4v) is 1.17. The molecule has 4 heteroatoms. The summed E-state index contributed by atoms with van der Waals surface area (Å²) in [5.74, 6) is 0. The number of nitro groups is 1. The zero-order valence-corrected chi connectivity index (χ0v) is 7.55. The zero-order valence-electron chi connectivity index (χ0n) is 6.80. The van der Waals surface area contributed by atoms with Crippen LogP contribution in [0.25, 0.3) is 0 Å². The van der Waals surface area contributed by atoms with Crippen molar-refractivity contribution in [3.63, 3.8) is 0 Å². The molecular weight excluding hydrogens is 178 g/mol. The first-order chi connectivity index (χ1) is 5.54. The quantitative estimate of drug-likeness (QED) is 0.499. The molecule has 1 aromatic carbocycles. The maximum absolute atomic E-state index is 10.4. The first-order valence-corrected chi connectivity index (χ1v) is 3.82. The Bertz CT molecular complexity index is 336. The van der Waals surface area contributed by atoms with E-state index in [9.17, 15) is 10.1 Å². The van der Waals surface area contributed by atoms with Crippen LogP contribution in [0.2, 0.25) is 5.02 Å². The number of halogens is 1. The normalized spacial score (nSPS) is 9.92. The monoisotopic (exact) mass is 185 g/mol. The SMILES string of the molecule is Cc1ccc([N+](=O)[O-])c(C)c1Cl. The van der Waals surface area contributed by atoms with Crippen molar-refractivity contribution in [3.05, 3.63) is 38.4 Å². The molecule has 0 bridgehead atoms. The Kier molecular flexibility index (Phi) is 2.33. The fourth-order valence-electron chi connectivity index (χ4n) is 1.01. The molecule has 0 aliphatic heterocycles. The summed E-state index contributed by atoms with van der Waals surface area (Å²) < 4.78 is 0. The molecule has 0 aliphatic rings. The van der Waals surface area contributed by atoms with Crippen LogP contribution in [0.1, 0.15) is 11.1 Å². The molecule has 3 nitrogen and oxygen atoms in total. The average molecular weight is 186 g/mol. The second kappa shape index (κ2) is 3.11. The van der Waals surface area contributed by atoms with Crippen LogP contribution < -0.4 is 0 Å². The Morgan fingerprint density at radius 1 is 1.42 bits per heavy atom. The van der Waals surface area contributed by atoms with E-state index in [0.717, 1.165) is 5.56 Å². The Hall–Kier alpha value is -1.09. The van der Waals surface area contributed by atoms with Gasteiger partial charge in [-0.15, -0.1) is 0 Å². The van der Waals surface area contributed by atoms with Crippen molar-refractivity contribution in [2.75, 3.05) is 0 Å². The minimum atomic E-state index is -0.430. The second-order valence-electron chi connectivity index (χ2n) is 2.60. The third kappa shape index (κ3) is 1.41. The molecule has 1 aromatic rings. The average Bonchev–Trinajstić information content (AvgIpc) is 2.00. The summed E-state index contributed by atoms with van der Waals surface area (Å²) in [6, 6.07) is 3.12. The summed E-state index contributed by atoms with van der Waals surface area (Å²) in [4.78, 5) is 10.0. The third-order valence-corrected chi connectivity index (χ3v) is 2.33. The molecule has 0 aliphatic carbocycles. The Morgan fingerprint density at radius 3 is 2.50 bits per heavy atom. The molecule has 0 saturated heterocycles. The molecule has 64 valence electrons. The summed E-state index contributed by atoms with van der Waals surface area (Å²) in [6.07, 6.45) is 0. The molecule has 0 aromatic heterocycles. The van der Waals surface area contributed by atoms with Crippen molar-refractivity contribution >= 4 is 17.3 Å². The summed E-state index contributed by atoms with van der Waals surface area (Å²) in [7, 11) is 0. The standard InChI is InChI=1S/C8H8ClNO2/c1-5-3-4-7(10(11)12)6(2)8(5)9/h3-4H,1-2H3. The highest BCUT2D eigenvalue weighted by Crippen LogP contribution is 2.27. The Morgan fingerprint density at radius 2 is 2.00 bits per heavy atom. The predicted molar refractivity (Wildman–Crippen MR) is 47.6 cm³/mol. The summed E-state index contributed by atoms with van der Waals surface area (Å²) in [5.41, 5.74) is 1.46. The van der Waals surface area contributed by atoms with Crippen molar-refractivity contribution in [1.29, 1.82) is 0 Å². The topological polar surface area (TPSA) is 43.1 Å². The van der Waals surface area contributed by atoms with Crippen LogP contribution in [0.5, 0.6) is 0 Å². The molecular formula is C8H8ClNO2. The van der Waals surface area contributed by atoms with E-state index >= 15 is 0 Å². The van der Waals surface area contributed by atoms with E-state index in [1.165, 1.54) is 6.07 Å². The minimum Gasteiger partial charge on any atom is -0.258 e. The summed E-state index contributed by atoms with van der Waals surface area (Å²) >= 11 is 5.82. The van der Waals surface area contributed by atoms with E-state index < -0.39 is 4.92 Å². The van der Waals surface area contributed by atoms with Crippen LogP contribution in [0.15, 0.2) is 12.1 Å². The van der Waals surface area contributed by atoms with Gasteiger partial charge in [0.25, 0.3) is 5.69 Å². The number of nitrogens with zero attached hydrogens (tertiary/aromatic N) is 1. The minimum absolute atomic E-state index is 0.0746. The van der Waals surface area contributed by atoms with Gasteiger partial charge in [-0.25, -0.2) is 0 Å². The van der Waals surface area contributed by atoms with E-state index in [-0.39, 0.29) is 5.69 Å². The Labute approximate surface area is 75.1 Å². The van der Waals surface area contributed by atoms with Gasteiger partial charge in [-0.2, -0.15) is 0 Å². The first kappa shape index (κ1) is 9.00. The van der Waals surface area contributed by atoms with Gasteiger partial charge >= 0.3 is 0 Å². The first-order valence-electron chi connectivity index (χ1n) is 3.44. The fraction of sp³-hybridized carbons (Fsp3) is 0.250. The van der Waals surface area contributed by atoms with Gasteiger partial charge in [-0.05, 0) is 19.4 Å². The molecule has 0 unspecified atom stereocenters. The van der Waals surface area contributed by atoms with Gasteiger partial charge < -0.3 is 0 Å². The second-order valence-corrected chi connectivity index (χ2v) is 2.98. The van der Waals surface area contributed by atoms with Gasteiger partial charge in [-0.1, -0.05) is 17.7 Å². The summed E-state index contributed by atoms with van der Waals surface area (Å²) in [6.45, 7) is 3.46. The van der Waals surface area contributed by atoms with E-state index in [1.54, 1.807) is 13.0 Å². The van der Waals surface area contributed by atoms with Crippen LogP contribution in [-0.4, -0.2) is 4.92 Å². The van der Waals surface area contributed by atoms with E-state index in [0.29, 0.717) is 10.6 Å². The maximum atomic E-state index is 10.4. The number of nitro benzene ring substituents is 1. The van der Waals surface area contributed by atoms with E-state index in [4.69, 9.17) is 11.6 Å². The lowest BCUT2D eigenvalue weighted by Gasteiger charge is -2.01. The highest BCUT2D eigenvalue weighted by Gasteiger charge is 2.13. The zero-order chi connectivity index (χ0) is 9.30. The van der Waals surface area contributed by atoms with Crippen molar-refractivity contribution < 1.29 is 4.92 Å². The Balaban J connectivity index is 3.36. The van der Waals surface area contributed by atoms with E-state index in [1.807, 2.05) is 6.92 Å². The van der Waals surface area contributed by atoms with Crippen molar-refractivity contribution in [1.82, 2.24) is 0 Å². The number of rotatable bonds is 1. The summed E-state index contributed by atoms with van der Waals surface area (Å²) in [5, 5.41) is 10.9. The van der Waals surface area contributed by atoms with Gasteiger partial charge in [0.05, 0.1) is 9.95 Å². The number of hydrogen-bond acceptors (Lipinski definition) is 2. The lowest BCUT2D eigenvalue weighted by Crippen LogP contribution is -1.92. The number of benzene rings is 1. The van der Waals surface area contributed by atoms with E-state index in [2.05, 4.69) is 0 Å². The van der Waals surface area contributed by atoms with Gasteiger partial charge in [0.15, 0.2) is 0 Å². The molecule has 0 N–H and O–H groups in total. The molecule has 0 fully saturated rings. The molecule has 0 spiro atoms. The van der Waals surface area contributed by atoms with Gasteiger partial charge in [0, 0.05) is 11.6 Å². The highest BCUT2D eigenvalue weighted by atomic mass is 35.5. The molecule has 0 heterocycles. The largest absolute Gasteiger partial charge is 0.273 e. The van der Waals surface area contributed by atoms with Crippen molar-refractivity contribution in [2.45, 2.75) is 13.8 Å².